The summed E-state index contributed by atoms with van der Waals surface area (Å²) >= 11 is 0. The Morgan fingerprint density at radius 3 is 2.40 bits per heavy atom. The van der Waals surface area contributed by atoms with Gasteiger partial charge in [-0.2, -0.15) is 0 Å². The van der Waals surface area contributed by atoms with Gasteiger partial charge in [0.15, 0.2) is 0 Å². The molecule has 0 fully saturated rings. The van der Waals surface area contributed by atoms with Gasteiger partial charge in [0.25, 0.3) is 0 Å². The molecular formula is C6H9NO2S. The third kappa shape index (κ3) is 1.68. The van der Waals surface area contributed by atoms with Crippen LogP contribution in [0.5, 0.6) is 0 Å². The molecule has 1 aliphatic carbocycles. The molecule has 0 amide bonds. The van der Waals surface area contributed by atoms with E-state index in [1.54, 1.807) is 18.2 Å². The molecule has 1 aliphatic rings. The SMILES string of the molecule is NS(=O)(=O)C1=CCCC=C1. The summed E-state index contributed by atoms with van der Waals surface area (Å²) in [5.41, 5.74) is 0. The molecule has 0 heterocycles. The minimum absolute atomic E-state index is 0.235. The maximum absolute atomic E-state index is 10.6. The second-order valence-corrected chi connectivity index (χ2v) is 3.69. The topological polar surface area (TPSA) is 60.2 Å². The van der Waals surface area contributed by atoms with Crippen molar-refractivity contribution in [1.82, 2.24) is 0 Å². The van der Waals surface area contributed by atoms with Crippen LogP contribution in [0.2, 0.25) is 0 Å². The molecule has 4 heteroatoms. The highest BCUT2D eigenvalue weighted by atomic mass is 32.2. The Kier molecular flexibility index (Phi) is 1.92. The van der Waals surface area contributed by atoms with E-state index >= 15 is 0 Å². The quantitative estimate of drug-likeness (QED) is 0.606. The number of hydrogen-bond acceptors (Lipinski definition) is 2. The lowest BCUT2D eigenvalue weighted by molar-refractivity contribution is 0.604. The van der Waals surface area contributed by atoms with E-state index in [-0.39, 0.29) is 4.91 Å². The van der Waals surface area contributed by atoms with Gasteiger partial charge in [0.1, 0.15) is 0 Å². The van der Waals surface area contributed by atoms with E-state index in [0.717, 1.165) is 12.8 Å². The van der Waals surface area contributed by atoms with Crippen LogP contribution >= 0.6 is 0 Å². The van der Waals surface area contributed by atoms with Crippen molar-refractivity contribution in [2.45, 2.75) is 12.8 Å². The minimum atomic E-state index is -3.45. The highest BCUT2D eigenvalue weighted by molar-refractivity contribution is 7.93. The first kappa shape index (κ1) is 7.50. The van der Waals surface area contributed by atoms with Gasteiger partial charge in [-0.05, 0) is 18.9 Å². The van der Waals surface area contributed by atoms with E-state index in [1.807, 2.05) is 0 Å². The zero-order chi connectivity index (χ0) is 7.61. The fourth-order valence-electron chi connectivity index (χ4n) is 0.800. The molecule has 0 spiro atoms. The van der Waals surface area contributed by atoms with Gasteiger partial charge < -0.3 is 0 Å². The van der Waals surface area contributed by atoms with E-state index < -0.39 is 10.0 Å². The highest BCUT2D eigenvalue weighted by Gasteiger charge is 2.08. The molecular weight excluding hydrogens is 150 g/mol. The summed E-state index contributed by atoms with van der Waals surface area (Å²) in [6.45, 7) is 0. The Labute approximate surface area is 60.3 Å². The van der Waals surface area contributed by atoms with Gasteiger partial charge >= 0.3 is 0 Å². The van der Waals surface area contributed by atoms with Crippen molar-refractivity contribution in [3.05, 3.63) is 23.1 Å². The van der Waals surface area contributed by atoms with Gasteiger partial charge in [0.05, 0.1) is 4.91 Å². The largest absolute Gasteiger partial charge is 0.237 e. The average Bonchev–Trinajstić information content (AvgIpc) is 1.88. The van der Waals surface area contributed by atoms with Crippen LogP contribution in [0.4, 0.5) is 0 Å². The monoisotopic (exact) mass is 159 g/mol. The van der Waals surface area contributed by atoms with Crippen molar-refractivity contribution in [2.24, 2.45) is 5.14 Å². The lowest BCUT2D eigenvalue weighted by atomic mass is 10.2. The lowest BCUT2D eigenvalue weighted by Crippen LogP contribution is -2.14. The Morgan fingerprint density at radius 2 is 2.10 bits per heavy atom. The summed E-state index contributed by atoms with van der Waals surface area (Å²) in [7, 11) is -3.45. The third-order valence-electron chi connectivity index (χ3n) is 1.29. The van der Waals surface area contributed by atoms with Crippen molar-refractivity contribution in [1.29, 1.82) is 0 Å². The molecule has 2 N–H and O–H groups in total. The lowest BCUT2D eigenvalue weighted by Gasteiger charge is -2.02. The van der Waals surface area contributed by atoms with E-state index in [2.05, 4.69) is 0 Å². The molecule has 0 bridgehead atoms. The second-order valence-electron chi connectivity index (χ2n) is 2.13. The third-order valence-corrected chi connectivity index (χ3v) is 2.25. The molecule has 0 radical (unpaired) electrons. The fraction of sp³-hybridized carbons (Fsp3) is 0.333. The zero-order valence-corrected chi connectivity index (χ0v) is 6.26. The van der Waals surface area contributed by atoms with Crippen LogP contribution in [0.3, 0.4) is 0 Å². The van der Waals surface area contributed by atoms with Crippen molar-refractivity contribution < 1.29 is 8.42 Å². The second kappa shape index (κ2) is 2.56. The first-order valence-electron chi connectivity index (χ1n) is 3.00. The van der Waals surface area contributed by atoms with E-state index in [0.29, 0.717) is 0 Å². The summed E-state index contributed by atoms with van der Waals surface area (Å²) in [6, 6.07) is 0. The molecule has 3 nitrogen and oxygen atoms in total. The van der Waals surface area contributed by atoms with E-state index in [1.165, 1.54) is 0 Å². The first-order chi connectivity index (χ1) is 4.61. The predicted octanol–water partition coefficient (Wildman–Crippen LogP) is 0.509. The zero-order valence-electron chi connectivity index (χ0n) is 5.45. The number of primary sulfonamides is 1. The van der Waals surface area contributed by atoms with Crippen LogP contribution < -0.4 is 5.14 Å². The predicted molar refractivity (Wildman–Crippen MR) is 39.6 cm³/mol. The summed E-state index contributed by atoms with van der Waals surface area (Å²) in [5, 5.41) is 4.86. The smallest absolute Gasteiger partial charge is 0.225 e. The molecule has 0 aromatic rings. The van der Waals surface area contributed by atoms with Crippen LogP contribution in [0.1, 0.15) is 12.8 Å². The number of hydrogen-bond donors (Lipinski definition) is 1. The maximum Gasteiger partial charge on any atom is 0.237 e. The van der Waals surface area contributed by atoms with Crippen LogP contribution in [-0.4, -0.2) is 8.42 Å². The average molecular weight is 159 g/mol. The molecule has 10 heavy (non-hydrogen) atoms. The van der Waals surface area contributed by atoms with Gasteiger partial charge in [-0.1, -0.05) is 12.2 Å². The molecule has 0 saturated heterocycles. The van der Waals surface area contributed by atoms with Gasteiger partial charge in [-0.15, -0.1) is 0 Å². The Morgan fingerprint density at radius 1 is 1.40 bits per heavy atom. The molecule has 0 saturated carbocycles. The number of rotatable bonds is 1. The molecule has 0 aliphatic heterocycles. The number of sulfonamides is 1. The Hall–Kier alpha value is -0.610. The number of nitrogens with two attached hydrogens (primary N) is 1. The van der Waals surface area contributed by atoms with E-state index in [9.17, 15) is 8.42 Å². The summed E-state index contributed by atoms with van der Waals surface area (Å²) < 4.78 is 21.3. The maximum atomic E-state index is 10.6. The molecule has 0 unspecified atom stereocenters. The summed E-state index contributed by atoms with van der Waals surface area (Å²) in [5.74, 6) is 0. The minimum Gasteiger partial charge on any atom is -0.225 e. The van der Waals surface area contributed by atoms with Crippen LogP contribution in [0.25, 0.3) is 0 Å². The van der Waals surface area contributed by atoms with Crippen LogP contribution in [0.15, 0.2) is 23.1 Å². The Balaban J connectivity index is 2.94. The molecule has 56 valence electrons. The van der Waals surface area contributed by atoms with Gasteiger partial charge in [0, 0.05) is 0 Å². The van der Waals surface area contributed by atoms with Crippen molar-refractivity contribution in [3.63, 3.8) is 0 Å². The summed E-state index contributed by atoms with van der Waals surface area (Å²) in [4.78, 5) is 0.235. The molecule has 1 rings (SSSR count). The standard InChI is InChI=1S/C6H9NO2S/c7-10(8,9)6-4-2-1-3-5-6/h2,4-5H,1,3H2,(H2,7,8,9). The highest BCUT2D eigenvalue weighted by Crippen LogP contribution is 2.12. The summed E-state index contributed by atoms with van der Waals surface area (Å²) in [6.07, 6.45) is 6.65. The first-order valence-corrected chi connectivity index (χ1v) is 4.55. The molecule has 0 atom stereocenters. The van der Waals surface area contributed by atoms with Crippen molar-refractivity contribution in [3.8, 4) is 0 Å². The number of allylic oxidation sites excluding steroid dienone is 3. The van der Waals surface area contributed by atoms with Gasteiger partial charge in [-0.25, -0.2) is 13.6 Å². The van der Waals surface area contributed by atoms with Gasteiger partial charge in [-0.3, -0.25) is 0 Å². The fourth-order valence-corrected chi connectivity index (χ4v) is 1.44. The van der Waals surface area contributed by atoms with Crippen LogP contribution in [-0.2, 0) is 10.0 Å². The van der Waals surface area contributed by atoms with Crippen LogP contribution in [0, 0.1) is 0 Å². The van der Waals surface area contributed by atoms with Crippen molar-refractivity contribution >= 4 is 10.0 Å². The normalized spacial score (nSPS) is 18.7. The molecule has 0 aromatic carbocycles. The van der Waals surface area contributed by atoms with Gasteiger partial charge in [0.2, 0.25) is 10.0 Å². The molecule has 0 aromatic heterocycles. The Bertz CT molecular complexity index is 274. The van der Waals surface area contributed by atoms with E-state index in [4.69, 9.17) is 5.14 Å². The van der Waals surface area contributed by atoms with Crippen molar-refractivity contribution in [2.75, 3.05) is 0 Å².